The van der Waals surface area contributed by atoms with Gasteiger partial charge >= 0.3 is 0 Å². The van der Waals surface area contributed by atoms with Crippen molar-refractivity contribution < 1.29 is 24.1 Å². The number of carbonyl (C=O) groups excluding carboxylic acids is 1. The van der Waals surface area contributed by atoms with E-state index in [2.05, 4.69) is 31.3 Å². The molecule has 1 aliphatic heterocycles. The van der Waals surface area contributed by atoms with Crippen LogP contribution in [0.15, 0.2) is 18.2 Å². The van der Waals surface area contributed by atoms with Crippen molar-refractivity contribution in [1.29, 1.82) is 0 Å². The first-order valence-corrected chi connectivity index (χ1v) is 9.73. The Kier molecular flexibility index (Phi) is 8.19. The van der Waals surface area contributed by atoms with Crippen molar-refractivity contribution in [2.75, 3.05) is 46.9 Å². The summed E-state index contributed by atoms with van der Waals surface area (Å²) in [6.45, 7) is 10.1. The summed E-state index contributed by atoms with van der Waals surface area (Å²) in [5.41, 5.74) is 1.26. The van der Waals surface area contributed by atoms with Crippen LogP contribution in [-0.4, -0.2) is 58.9 Å². The normalized spacial score (nSPS) is 21.1. The molecule has 0 spiro atoms. The van der Waals surface area contributed by atoms with Crippen LogP contribution in [0, 0.1) is 0 Å². The predicted octanol–water partition coefficient (Wildman–Crippen LogP) is -0.708. The number of quaternary nitrogens is 2. The lowest BCUT2D eigenvalue weighted by atomic mass is 10.1. The van der Waals surface area contributed by atoms with Crippen LogP contribution in [0.2, 0.25) is 0 Å². The summed E-state index contributed by atoms with van der Waals surface area (Å²) < 4.78 is 10.7. The van der Waals surface area contributed by atoms with Gasteiger partial charge in [0.25, 0.3) is 5.91 Å². The van der Waals surface area contributed by atoms with Gasteiger partial charge in [0.15, 0.2) is 18.0 Å². The molecular formula is C20H35N3O3+2. The van der Waals surface area contributed by atoms with Gasteiger partial charge in [-0.3, -0.25) is 4.79 Å². The van der Waals surface area contributed by atoms with E-state index < -0.39 is 0 Å². The standard InChI is InChI=1S/C20H33N3O3/c1-5-6-16(2)21-20(24)15-23-11-9-22(10-12-23)14-17-7-8-18(25-3)19(13-17)26-4/h7-8,13,16H,5-6,9-12,14-15H2,1-4H3,(H,21,24)/p+2/t16-/m1/s1. The third-order valence-corrected chi connectivity index (χ3v) is 5.11. The van der Waals surface area contributed by atoms with Gasteiger partial charge in [0, 0.05) is 11.6 Å². The van der Waals surface area contributed by atoms with Gasteiger partial charge in [0.1, 0.15) is 32.7 Å². The van der Waals surface area contributed by atoms with Crippen molar-refractivity contribution in [2.24, 2.45) is 0 Å². The van der Waals surface area contributed by atoms with E-state index in [9.17, 15) is 4.79 Å². The van der Waals surface area contributed by atoms with Crippen molar-refractivity contribution in [2.45, 2.75) is 39.3 Å². The fourth-order valence-corrected chi connectivity index (χ4v) is 3.65. The van der Waals surface area contributed by atoms with Gasteiger partial charge in [-0.25, -0.2) is 0 Å². The molecule has 1 fully saturated rings. The van der Waals surface area contributed by atoms with Crippen LogP contribution >= 0.6 is 0 Å². The molecule has 1 aromatic carbocycles. The summed E-state index contributed by atoms with van der Waals surface area (Å²) in [5.74, 6) is 1.74. The molecule has 6 nitrogen and oxygen atoms in total. The maximum atomic E-state index is 12.1. The molecule has 0 radical (unpaired) electrons. The van der Waals surface area contributed by atoms with E-state index in [1.165, 1.54) is 10.5 Å². The average Bonchev–Trinajstić information content (AvgIpc) is 2.63. The van der Waals surface area contributed by atoms with Crippen LogP contribution in [0.3, 0.4) is 0 Å². The summed E-state index contributed by atoms with van der Waals surface area (Å²) >= 11 is 0. The molecule has 1 aromatic rings. The Morgan fingerprint density at radius 2 is 1.77 bits per heavy atom. The Morgan fingerprint density at radius 1 is 1.12 bits per heavy atom. The minimum absolute atomic E-state index is 0.185. The second kappa shape index (κ2) is 10.4. The van der Waals surface area contributed by atoms with Crippen LogP contribution in [-0.2, 0) is 11.3 Å². The molecule has 1 heterocycles. The maximum Gasteiger partial charge on any atom is 0.275 e. The van der Waals surface area contributed by atoms with Gasteiger partial charge in [-0.1, -0.05) is 13.3 Å². The molecule has 26 heavy (non-hydrogen) atoms. The highest BCUT2D eigenvalue weighted by atomic mass is 16.5. The molecule has 1 aliphatic rings. The molecule has 1 atom stereocenters. The first-order chi connectivity index (χ1) is 12.5. The van der Waals surface area contributed by atoms with Crippen LogP contribution in [0.5, 0.6) is 11.5 Å². The second-order valence-electron chi connectivity index (χ2n) is 7.30. The first kappa shape index (κ1) is 20.5. The second-order valence-corrected chi connectivity index (χ2v) is 7.30. The molecule has 1 amide bonds. The fourth-order valence-electron chi connectivity index (χ4n) is 3.65. The molecule has 0 saturated carbocycles. The highest BCUT2D eigenvalue weighted by molar-refractivity contribution is 5.77. The number of amides is 1. The zero-order valence-corrected chi connectivity index (χ0v) is 16.7. The van der Waals surface area contributed by atoms with E-state index in [1.807, 2.05) is 6.07 Å². The van der Waals surface area contributed by atoms with Crippen molar-refractivity contribution >= 4 is 5.91 Å². The van der Waals surface area contributed by atoms with E-state index in [1.54, 1.807) is 19.1 Å². The Labute approximate surface area is 157 Å². The number of carbonyl (C=O) groups is 1. The molecule has 3 N–H and O–H groups in total. The number of hydrogen-bond donors (Lipinski definition) is 3. The molecule has 146 valence electrons. The Balaban J connectivity index is 1.77. The molecule has 0 aliphatic carbocycles. The van der Waals surface area contributed by atoms with E-state index in [-0.39, 0.29) is 11.9 Å². The largest absolute Gasteiger partial charge is 0.493 e. The number of ether oxygens (including phenoxy) is 2. The number of methoxy groups -OCH3 is 2. The summed E-state index contributed by atoms with van der Waals surface area (Å²) in [5, 5.41) is 3.11. The Bertz CT molecular complexity index is 571. The van der Waals surface area contributed by atoms with Gasteiger partial charge in [-0.05, 0) is 31.5 Å². The van der Waals surface area contributed by atoms with Gasteiger partial charge in [0.05, 0.1) is 14.2 Å². The number of benzene rings is 1. The Hall–Kier alpha value is -1.79. The number of rotatable bonds is 9. The van der Waals surface area contributed by atoms with E-state index in [0.717, 1.165) is 57.1 Å². The van der Waals surface area contributed by atoms with Gasteiger partial charge < -0.3 is 24.6 Å². The van der Waals surface area contributed by atoms with Crippen molar-refractivity contribution in [3.05, 3.63) is 23.8 Å². The quantitative estimate of drug-likeness (QED) is 0.542. The maximum absolute atomic E-state index is 12.1. The summed E-state index contributed by atoms with van der Waals surface area (Å²) in [4.78, 5) is 15.1. The lowest BCUT2D eigenvalue weighted by Gasteiger charge is -2.29. The van der Waals surface area contributed by atoms with Crippen LogP contribution < -0.4 is 24.6 Å². The molecule has 0 unspecified atom stereocenters. The third-order valence-electron chi connectivity index (χ3n) is 5.11. The topological polar surface area (TPSA) is 56.4 Å². The number of piperazine rings is 1. The first-order valence-electron chi connectivity index (χ1n) is 9.73. The third kappa shape index (κ3) is 6.18. The molecular weight excluding hydrogens is 330 g/mol. The molecule has 6 heteroatoms. The van der Waals surface area contributed by atoms with E-state index in [0.29, 0.717) is 6.54 Å². The van der Waals surface area contributed by atoms with Crippen LogP contribution in [0.1, 0.15) is 32.3 Å². The predicted molar refractivity (Wildman–Crippen MR) is 102 cm³/mol. The van der Waals surface area contributed by atoms with Gasteiger partial charge in [0.2, 0.25) is 0 Å². The van der Waals surface area contributed by atoms with Crippen molar-refractivity contribution in [3.63, 3.8) is 0 Å². The van der Waals surface area contributed by atoms with Crippen molar-refractivity contribution in [1.82, 2.24) is 5.32 Å². The highest BCUT2D eigenvalue weighted by Gasteiger charge is 2.25. The van der Waals surface area contributed by atoms with Gasteiger partial charge in [-0.2, -0.15) is 0 Å². The highest BCUT2D eigenvalue weighted by Crippen LogP contribution is 2.27. The zero-order valence-electron chi connectivity index (χ0n) is 16.7. The molecule has 2 rings (SSSR count). The summed E-state index contributed by atoms with van der Waals surface area (Å²) in [7, 11) is 3.33. The summed E-state index contributed by atoms with van der Waals surface area (Å²) in [6.07, 6.45) is 2.15. The lowest BCUT2D eigenvalue weighted by molar-refractivity contribution is -1.02. The van der Waals surface area contributed by atoms with Crippen LogP contribution in [0.4, 0.5) is 0 Å². The lowest BCUT2D eigenvalue weighted by Crippen LogP contribution is -3.28. The SMILES string of the molecule is CCC[C@@H](C)NC(=O)C[NH+]1CC[NH+](Cc2ccc(OC)c(OC)c2)CC1. The average molecular weight is 366 g/mol. The smallest absolute Gasteiger partial charge is 0.275 e. The van der Waals surface area contributed by atoms with Crippen LogP contribution in [0.25, 0.3) is 0 Å². The van der Waals surface area contributed by atoms with Gasteiger partial charge in [-0.15, -0.1) is 0 Å². The minimum atomic E-state index is 0.185. The number of hydrogen-bond acceptors (Lipinski definition) is 3. The fraction of sp³-hybridized carbons (Fsp3) is 0.650. The zero-order chi connectivity index (χ0) is 18.9. The minimum Gasteiger partial charge on any atom is -0.493 e. The molecule has 0 bridgehead atoms. The molecule has 1 saturated heterocycles. The number of nitrogens with one attached hydrogen (secondary N) is 3. The monoisotopic (exact) mass is 365 g/mol. The van der Waals surface area contributed by atoms with Crippen molar-refractivity contribution in [3.8, 4) is 11.5 Å². The summed E-state index contributed by atoms with van der Waals surface area (Å²) in [6, 6.07) is 6.42. The van der Waals surface area contributed by atoms with E-state index in [4.69, 9.17) is 9.47 Å². The Morgan fingerprint density at radius 3 is 2.38 bits per heavy atom. The molecule has 0 aromatic heterocycles. The van der Waals surface area contributed by atoms with E-state index >= 15 is 0 Å².